The summed E-state index contributed by atoms with van der Waals surface area (Å²) in [6.07, 6.45) is 2.87. The number of morpholine rings is 1. The van der Waals surface area contributed by atoms with Crippen molar-refractivity contribution >= 4 is 45.6 Å². The first kappa shape index (κ1) is 25.8. The number of aromatic nitrogens is 2. The normalized spacial score (nSPS) is 13.1. The number of anilines is 4. The van der Waals surface area contributed by atoms with Gasteiger partial charge in [-0.05, 0) is 48.5 Å². The van der Waals surface area contributed by atoms with Crippen molar-refractivity contribution in [3.63, 3.8) is 0 Å². The number of methoxy groups -OCH3 is 2. The maximum atomic E-state index is 13.3. The molecule has 39 heavy (non-hydrogen) atoms. The van der Waals surface area contributed by atoms with Crippen molar-refractivity contribution in [3.05, 3.63) is 78.5 Å². The third-order valence-corrected chi connectivity index (χ3v) is 6.48. The molecule has 1 saturated heterocycles. The summed E-state index contributed by atoms with van der Waals surface area (Å²) in [7, 11) is 3.08. The van der Waals surface area contributed by atoms with Crippen molar-refractivity contribution in [1.82, 2.24) is 9.97 Å². The predicted molar refractivity (Wildman–Crippen MR) is 151 cm³/mol. The number of carbonyl (C=O) groups excluding carboxylic acids is 2. The lowest BCUT2D eigenvalue weighted by molar-refractivity contribution is -0.111. The Bertz CT molecular complexity index is 1520. The number of aromatic amines is 1. The lowest BCUT2D eigenvalue weighted by Gasteiger charge is -2.29. The van der Waals surface area contributed by atoms with Gasteiger partial charge in [0.1, 0.15) is 23.0 Å². The number of ketones is 1. The van der Waals surface area contributed by atoms with Crippen LogP contribution in [0.25, 0.3) is 11.0 Å². The molecule has 1 aliphatic heterocycles. The van der Waals surface area contributed by atoms with E-state index in [0.717, 1.165) is 18.8 Å². The molecular weight excluding hydrogens is 498 g/mol. The quantitative estimate of drug-likeness (QED) is 0.215. The van der Waals surface area contributed by atoms with Gasteiger partial charge in [-0.2, -0.15) is 0 Å². The first-order valence-electron chi connectivity index (χ1n) is 12.4. The fourth-order valence-electron chi connectivity index (χ4n) is 4.44. The van der Waals surface area contributed by atoms with Crippen LogP contribution in [0.3, 0.4) is 0 Å². The van der Waals surface area contributed by atoms with E-state index >= 15 is 0 Å². The Morgan fingerprint density at radius 3 is 2.46 bits per heavy atom. The number of hydrogen-bond donors (Lipinski definition) is 3. The summed E-state index contributed by atoms with van der Waals surface area (Å²) >= 11 is 0. The Morgan fingerprint density at radius 1 is 1.03 bits per heavy atom. The molecule has 5 rings (SSSR count). The van der Waals surface area contributed by atoms with Crippen LogP contribution < -0.4 is 25.0 Å². The van der Waals surface area contributed by atoms with Gasteiger partial charge in [0.05, 0.1) is 38.8 Å². The van der Waals surface area contributed by atoms with Crippen LogP contribution in [0, 0.1) is 0 Å². The van der Waals surface area contributed by atoms with Crippen LogP contribution in [0.1, 0.15) is 15.9 Å². The fourth-order valence-corrected chi connectivity index (χ4v) is 4.44. The van der Waals surface area contributed by atoms with Crippen molar-refractivity contribution in [2.24, 2.45) is 0 Å². The molecule has 200 valence electrons. The van der Waals surface area contributed by atoms with Crippen LogP contribution >= 0.6 is 0 Å². The highest BCUT2D eigenvalue weighted by atomic mass is 16.5. The van der Waals surface area contributed by atoms with Gasteiger partial charge in [-0.25, -0.2) is 4.98 Å². The Hall–Kier alpha value is -4.83. The Morgan fingerprint density at radius 2 is 1.77 bits per heavy atom. The SMILES string of the molecule is C=CC(=O)Nc1cc(N2CCOCC2)ccc1Nc1ccc2c(C(=O)c3cc(OC)cc(OC)c3)c[nH]c2n1. The van der Waals surface area contributed by atoms with Gasteiger partial charge in [0.2, 0.25) is 5.91 Å². The lowest BCUT2D eigenvalue weighted by Crippen LogP contribution is -2.36. The summed E-state index contributed by atoms with van der Waals surface area (Å²) in [6, 6.07) is 14.5. The summed E-state index contributed by atoms with van der Waals surface area (Å²) in [5.74, 6) is 1.10. The van der Waals surface area contributed by atoms with Crippen molar-refractivity contribution in [2.45, 2.75) is 0 Å². The maximum absolute atomic E-state index is 13.3. The molecule has 1 aliphatic rings. The molecule has 0 saturated carbocycles. The molecule has 1 fully saturated rings. The zero-order valence-corrected chi connectivity index (χ0v) is 21.7. The number of pyridine rings is 1. The van der Waals surface area contributed by atoms with Crippen molar-refractivity contribution in [1.29, 1.82) is 0 Å². The number of rotatable bonds is 9. The molecule has 2 aromatic heterocycles. The zero-order valence-electron chi connectivity index (χ0n) is 21.7. The van der Waals surface area contributed by atoms with Gasteiger partial charge in [-0.3, -0.25) is 9.59 Å². The number of H-pyrrole nitrogens is 1. The minimum absolute atomic E-state index is 0.186. The molecule has 0 bridgehead atoms. The van der Waals surface area contributed by atoms with Crippen LogP contribution in [-0.2, 0) is 9.53 Å². The van der Waals surface area contributed by atoms with Gasteiger partial charge < -0.3 is 34.7 Å². The molecular formula is C29H29N5O5. The summed E-state index contributed by atoms with van der Waals surface area (Å²) < 4.78 is 16.1. The van der Waals surface area contributed by atoms with Crippen LogP contribution in [0.5, 0.6) is 11.5 Å². The molecule has 10 nitrogen and oxygen atoms in total. The van der Waals surface area contributed by atoms with Gasteiger partial charge in [0.15, 0.2) is 5.78 Å². The second-order valence-electron chi connectivity index (χ2n) is 8.87. The third kappa shape index (κ3) is 5.55. The van der Waals surface area contributed by atoms with E-state index in [1.54, 1.807) is 30.5 Å². The van der Waals surface area contributed by atoms with Gasteiger partial charge >= 0.3 is 0 Å². The maximum Gasteiger partial charge on any atom is 0.247 e. The number of nitrogens with one attached hydrogen (secondary N) is 3. The second kappa shape index (κ2) is 11.3. The molecule has 0 spiro atoms. The van der Waals surface area contributed by atoms with E-state index in [2.05, 4.69) is 32.1 Å². The van der Waals surface area contributed by atoms with Crippen molar-refractivity contribution in [3.8, 4) is 11.5 Å². The van der Waals surface area contributed by atoms with Gasteiger partial charge in [0, 0.05) is 47.6 Å². The third-order valence-electron chi connectivity index (χ3n) is 6.48. The molecule has 0 unspecified atom stereocenters. The second-order valence-corrected chi connectivity index (χ2v) is 8.87. The molecule has 1 amide bonds. The Balaban J connectivity index is 1.42. The van der Waals surface area contributed by atoms with E-state index in [4.69, 9.17) is 14.2 Å². The van der Waals surface area contributed by atoms with Crippen LogP contribution in [0.15, 0.2) is 67.4 Å². The number of hydrogen-bond acceptors (Lipinski definition) is 8. The highest BCUT2D eigenvalue weighted by molar-refractivity contribution is 6.16. The number of carbonyl (C=O) groups is 2. The monoisotopic (exact) mass is 527 g/mol. The van der Waals surface area contributed by atoms with Crippen LogP contribution in [0.2, 0.25) is 0 Å². The molecule has 3 N–H and O–H groups in total. The topological polar surface area (TPSA) is 118 Å². The first-order chi connectivity index (χ1) is 19.0. The summed E-state index contributed by atoms with van der Waals surface area (Å²) in [6.45, 7) is 6.42. The average Bonchev–Trinajstić information content (AvgIpc) is 3.41. The smallest absolute Gasteiger partial charge is 0.247 e. The van der Waals surface area contributed by atoms with Crippen LogP contribution in [0.4, 0.5) is 22.9 Å². The number of amides is 1. The van der Waals surface area contributed by atoms with Gasteiger partial charge in [-0.1, -0.05) is 6.58 Å². The molecule has 4 aromatic rings. The van der Waals surface area contributed by atoms with E-state index in [-0.39, 0.29) is 11.7 Å². The van der Waals surface area contributed by atoms with Crippen molar-refractivity contribution < 1.29 is 23.8 Å². The largest absolute Gasteiger partial charge is 0.497 e. The molecule has 2 aromatic carbocycles. The summed E-state index contributed by atoms with van der Waals surface area (Å²) in [4.78, 5) is 35.4. The van der Waals surface area contributed by atoms with E-state index in [1.165, 1.54) is 20.3 Å². The molecule has 10 heteroatoms. The molecule has 0 radical (unpaired) electrons. The predicted octanol–water partition coefficient (Wildman–Crippen LogP) is 4.52. The van der Waals surface area contributed by atoms with E-state index in [9.17, 15) is 9.59 Å². The Kier molecular flexibility index (Phi) is 7.46. The highest BCUT2D eigenvalue weighted by Gasteiger charge is 2.18. The minimum atomic E-state index is -0.317. The zero-order chi connectivity index (χ0) is 27.4. The standard InChI is InChI=1S/C29H29N5O5/c1-4-27(35)32-25-15-19(34-9-11-39-12-10-34)5-7-24(25)31-26-8-6-22-23(17-30-29(22)33-26)28(36)18-13-20(37-2)16-21(14-18)38-3/h4-8,13-17H,1,9-12H2,2-3H3,(H,32,35)(H2,30,31,33). The van der Waals surface area contributed by atoms with E-state index in [1.807, 2.05) is 24.3 Å². The summed E-state index contributed by atoms with van der Waals surface area (Å²) in [5, 5.41) is 6.83. The van der Waals surface area contributed by atoms with Crippen LogP contribution in [-0.4, -0.2) is 62.2 Å². The molecule has 3 heterocycles. The highest BCUT2D eigenvalue weighted by Crippen LogP contribution is 2.32. The Labute approximate surface area is 225 Å². The number of benzene rings is 2. The minimum Gasteiger partial charge on any atom is -0.497 e. The lowest BCUT2D eigenvalue weighted by atomic mass is 10.0. The average molecular weight is 528 g/mol. The van der Waals surface area contributed by atoms with Gasteiger partial charge in [-0.15, -0.1) is 0 Å². The number of nitrogens with zero attached hydrogens (tertiary/aromatic N) is 2. The number of fused-ring (bicyclic) bond motifs is 1. The molecule has 0 aliphatic carbocycles. The van der Waals surface area contributed by atoms with Gasteiger partial charge in [0.25, 0.3) is 0 Å². The fraction of sp³-hybridized carbons (Fsp3) is 0.207. The van der Waals surface area contributed by atoms with E-state index in [0.29, 0.717) is 64.1 Å². The summed E-state index contributed by atoms with van der Waals surface area (Å²) in [5.41, 5.74) is 3.71. The first-order valence-corrected chi connectivity index (χ1v) is 12.4. The molecule has 0 atom stereocenters. The van der Waals surface area contributed by atoms with E-state index < -0.39 is 0 Å². The van der Waals surface area contributed by atoms with Crippen molar-refractivity contribution in [2.75, 3.05) is 56.1 Å². The number of ether oxygens (including phenoxy) is 3.